The molecule has 1 saturated heterocycles. The molecule has 35 heavy (non-hydrogen) atoms. The molecule has 1 unspecified atom stereocenters. The maximum atomic E-state index is 13.2. The molecule has 9 nitrogen and oxygen atoms in total. The Balaban J connectivity index is 1.37. The molecule has 4 amide bonds. The van der Waals surface area contributed by atoms with Crippen molar-refractivity contribution < 1.29 is 28.3 Å². The van der Waals surface area contributed by atoms with Crippen molar-refractivity contribution in [3.63, 3.8) is 0 Å². The average molecular weight is 473 g/mol. The van der Waals surface area contributed by atoms with Crippen molar-refractivity contribution in [2.75, 3.05) is 26.1 Å². The Morgan fingerprint density at radius 3 is 2.46 bits per heavy atom. The van der Waals surface area contributed by atoms with Crippen molar-refractivity contribution in [2.24, 2.45) is 0 Å². The molecule has 3 aromatic carbocycles. The summed E-state index contributed by atoms with van der Waals surface area (Å²) in [6.45, 7) is 1.14. The zero-order valence-corrected chi connectivity index (χ0v) is 19.4. The number of hydrogen-bond acceptors (Lipinski definition) is 6. The number of anilines is 1. The molecule has 9 heteroatoms. The summed E-state index contributed by atoms with van der Waals surface area (Å²) in [5.74, 6) is -0.0258. The molecule has 0 radical (unpaired) electrons. The van der Waals surface area contributed by atoms with Crippen LogP contribution in [0.1, 0.15) is 12.5 Å². The van der Waals surface area contributed by atoms with E-state index in [1.807, 2.05) is 24.3 Å². The number of carbonyl (C=O) groups excluding carboxylic acids is 3. The monoisotopic (exact) mass is 473 g/mol. The maximum Gasteiger partial charge on any atom is 0.325 e. The molecule has 4 aromatic rings. The van der Waals surface area contributed by atoms with Crippen molar-refractivity contribution in [1.82, 2.24) is 10.2 Å². The zero-order chi connectivity index (χ0) is 24.7. The third kappa shape index (κ3) is 3.71. The van der Waals surface area contributed by atoms with Gasteiger partial charge in [-0.15, -0.1) is 0 Å². The number of hydrogen-bond donors (Lipinski definition) is 2. The number of imide groups is 1. The number of amides is 4. The van der Waals surface area contributed by atoms with Gasteiger partial charge in [0.05, 0.1) is 19.9 Å². The highest BCUT2D eigenvalue weighted by Gasteiger charge is 2.49. The Labute approximate surface area is 200 Å². The van der Waals surface area contributed by atoms with Crippen LogP contribution in [0.15, 0.2) is 65.1 Å². The normalized spacial score (nSPS) is 17.6. The summed E-state index contributed by atoms with van der Waals surface area (Å²) in [7, 11) is 3.04. The smallest absolute Gasteiger partial charge is 0.325 e. The van der Waals surface area contributed by atoms with Crippen molar-refractivity contribution in [1.29, 1.82) is 0 Å². The quantitative estimate of drug-likeness (QED) is 0.410. The lowest BCUT2D eigenvalue weighted by Gasteiger charge is -2.22. The number of methoxy groups -OCH3 is 2. The first-order chi connectivity index (χ1) is 16.8. The number of nitrogens with one attached hydrogen (secondary N) is 2. The van der Waals surface area contributed by atoms with E-state index < -0.39 is 29.9 Å². The van der Waals surface area contributed by atoms with E-state index in [4.69, 9.17) is 13.9 Å². The number of benzene rings is 3. The third-order valence-electron chi connectivity index (χ3n) is 6.22. The van der Waals surface area contributed by atoms with Gasteiger partial charge in [-0.3, -0.25) is 14.5 Å². The van der Waals surface area contributed by atoms with E-state index >= 15 is 0 Å². The predicted molar refractivity (Wildman–Crippen MR) is 129 cm³/mol. The molecule has 1 aliphatic heterocycles. The number of furan rings is 1. The van der Waals surface area contributed by atoms with Gasteiger partial charge in [0.2, 0.25) is 5.91 Å². The molecule has 0 spiro atoms. The van der Waals surface area contributed by atoms with Crippen LogP contribution in [-0.4, -0.2) is 43.5 Å². The van der Waals surface area contributed by atoms with Crippen LogP contribution >= 0.6 is 0 Å². The van der Waals surface area contributed by atoms with E-state index in [1.165, 1.54) is 7.11 Å². The minimum absolute atomic E-state index is 0.369. The molecular weight excluding hydrogens is 450 g/mol. The van der Waals surface area contributed by atoms with E-state index in [0.717, 1.165) is 15.7 Å². The number of urea groups is 1. The van der Waals surface area contributed by atoms with Gasteiger partial charge in [0.25, 0.3) is 5.91 Å². The molecule has 2 heterocycles. The lowest BCUT2D eigenvalue weighted by molar-refractivity contribution is -0.133. The maximum absolute atomic E-state index is 13.2. The lowest BCUT2D eigenvalue weighted by Crippen LogP contribution is -2.42. The fourth-order valence-corrected chi connectivity index (χ4v) is 4.31. The van der Waals surface area contributed by atoms with E-state index in [2.05, 4.69) is 10.6 Å². The summed E-state index contributed by atoms with van der Waals surface area (Å²) >= 11 is 0. The summed E-state index contributed by atoms with van der Waals surface area (Å²) in [6.07, 6.45) is 0. The predicted octanol–water partition coefficient (Wildman–Crippen LogP) is 4.01. The first-order valence-corrected chi connectivity index (χ1v) is 10.9. The Hall–Kier alpha value is -4.53. The summed E-state index contributed by atoms with van der Waals surface area (Å²) < 4.78 is 16.5. The van der Waals surface area contributed by atoms with E-state index in [9.17, 15) is 14.4 Å². The van der Waals surface area contributed by atoms with Crippen LogP contribution in [0.4, 0.5) is 10.5 Å². The van der Waals surface area contributed by atoms with Crippen molar-refractivity contribution in [3.8, 4) is 11.5 Å². The molecule has 5 rings (SSSR count). The molecule has 1 atom stereocenters. The average Bonchev–Trinajstić information content (AvgIpc) is 3.33. The number of carbonyl (C=O) groups is 3. The molecule has 0 bridgehead atoms. The Morgan fingerprint density at radius 1 is 1.00 bits per heavy atom. The first kappa shape index (κ1) is 22.3. The summed E-state index contributed by atoms with van der Waals surface area (Å²) in [4.78, 5) is 39.6. The standard InChI is InChI=1S/C26H23N3O6/c1-26(15-8-10-16(33-2)11-9-15)24(31)29(25(32)28-26)14-23(30)27-19-13-21-18(12-22(19)34-3)17-6-4-5-7-20(17)35-21/h4-13H,14H2,1-3H3,(H,27,30)(H,28,32). The number of ether oxygens (including phenoxy) is 2. The summed E-state index contributed by atoms with van der Waals surface area (Å²) in [5.41, 5.74) is 0.939. The van der Waals surface area contributed by atoms with E-state index in [-0.39, 0.29) is 0 Å². The topological polar surface area (TPSA) is 110 Å². The first-order valence-electron chi connectivity index (χ1n) is 10.9. The highest BCUT2D eigenvalue weighted by molar-refractivity contribution is 6.11. The van der Waals surface area contributed by atoms with Gasteiger partial charge in [-0.1, -0.05) is 30.3 Å². The van der Waals surface area contributed by atoms with Crippen LogP contribution in [0, 0.1) is 0 Å². The molecule has 1 fully saturated rings. The fourth-order valence-electron chi connectivity index (χ4n) is 4.31. The highest BCUT2D eigenvalue weighted by atomic mass is 16.5. The highest BCUT2D eigenvalue weighted by Crippen LogP contribution is 2.36. The van der Waals surface area contributed by atoms with Crippen molar-refractivity contribution in [2.45, 2.75) is 12.5 Å². The van der Waals surface area contributed by atoms with Gasteiger partial charge in [-0.05, 0) is 36.8 Å². The second-order valence-corrected chi connectivity index (χ2v) is 8.37. The van der Waals surface area contributed by atoms with Crippen LogP contribution in [0.2, 0.25) is 0 Å². The Kier molecular flexibility index (Phi) is 5.32. The van der Waals surface area contributed by atoms with Crippen LogP contribution < -0.4 is 20.1 Å². The van der Waals surface area contributed by atoms with Crippen molar-refractivity contribution >= 4 is 45.5 Å². The van der Waals surface area contributed by atoms with Gasteiger partial charge in [0.15, 0.2) is 0 Å². The minimum Gasteiger partial charge on any atom is -0.497 e. The van der Waals surface area contributed by atoms with Gasteiger partial charge >= 0.3 is 6.03 Å². The van der Waals surface area contributed by atoms with Gasteiger partial charge in [-0.25, -0.2) is 4.79 Å². The molecule has 0 saturated carbocycles. The van der Waals surface area contributed by atoms with Crippen LogP contribution in [0.5, 0.6) is 11.5 Å². The van der Waals surface area contributed by atoms with Crippen LogP contribution in [0.3, 0.4) is 0 Å². The second kappa shape index (κ2) is 8.35. The Morgan fingerprint density at radius 2 is 1.74 bits per heavy atom. The molecule has 1 aromatic heterocycles. The SMILES string of the molecule is COc1ccc(C2(C)NC(=O)N(CC(=O)Nc3cc4oc5ccccc5c4cc3OC)C2=O)cc1. The Bertz CT molecular complexity index is 1480. The fraction of sp³-hybridized carbons (Fsp3) is 0.192. The molecule has 2 N–H and O–H groups in total. The van der Waals surface area contributed by atoms with E-state index in [1.54, 1.807) is 50.4 Å². The molecule has 178 valence electrons. The van der Waals surface area contributed by atoms with Gasteiger partial charge in [0.1, 0.15) is 34.7 Å². The molecule has 1 aliphatic rings. The lowest BCUT2D eigenvalue weighted by atomic mass is 9.92. The largest absolute Gasteiger partial charge is 0.497 e. The second-order valence-electron chi connectivity index (χ2n) is 8.37. The van der Waals surface area contributed by atoms with E-state index in [0.29, 0.717) is 33.9 Å². The third-order valence-corrected chi connectivity index (χ3v) is 6.22. The molecule has 0 aliphatic carbocycles. The van der Waals surface area contributed by atoms with Crippen LogP contribution in [0.25, 0.3) is 21.9 Å². The number of nitrogens with zero attached hydrogens (tertiary/aromatic N) is 1. The van der Waals surface area contributed by atoms with Gasteiger partial charge in [0, 0.05) is 16.8 Å². The van der Waals surface area contributed by atoms with Crippen molar-refractivity contribution in [3.05, 3.63) is 66.2 Å². The minimum atomic E-state index is -1.30. The van der Waals surface area contributed by atoms with Crippen LogP contribution in [-0.2, 0) is 15.1 Å². The summed E-state index contributed by atoms with van der Waals surface area (Å²) in [5, 5.41) is 7.20. The zero-order valence-electron chi connectivity index (χ0n) is 19.4. The summed E-state index contributed by atoms with van der Waals surface area (Å²) in [6, 6.07) is 17.2. The van der Waals surface area contributed by atoms with Gasteiger partial charge < -0.3 is 24.5 Å². The number of para-hydroxylation sites is 1. The molecular formula is C26H23N3O6. The van der Waals surface area contributed by atoms with Gasteiger partial charge in [-0.2, -0.15) is 0 Å². The number of rotatable bonds is 6. The number of fused-ring (bicyclic) bond motifs is 3.